The van der Waals surface area contributed by atoms with Gasteiger partial charge in [0.25, 0.3) is 5.91 Å². The van der Waals surface area contributed by atoms with Crippen LogP contribution in [0.2, 0.25) is 0 Å². The molecular weight excluding hydrogens is 447 g/mol. The Balaban J connectivity index is 1.73. The lowest BCUT2D eigenvalue weighted by Crippen LogP contribution is -2.33. The van der Waals surface area contributed by atoms with Crippen LogP contribution < -0.4 is 5.32 Å². The number of nitrogens with zero attached hydrogens (tertiary/aromatic N) is 3. The smallest absolute Gasteiger partial charge is 0.405 e. The normalized spacial score (nSPS) is 12.7. The fourth-order valence-corrected chi connectivity index (χ4v) is 3.73. The third-order valence-electron chi connectivity index (χ3n) is 5.41. The van der Waals surface area contributed by atoms with Gasteiger partial charge in [-0.3, -0.25) is 14.5 Å². The maximum atomic E-state index is 12.5. The van der Waals surface area contributed by atoms with Crippen molar-refractivity contribution < 1.29 is 23.1 Å². The number of nitrogens with one attached hydrogen (secondary N) is 2. The average Bonchev–Trinajstić information content (AvgIpc) is 3.35. The molecule has 10 heteroatoms. The number of fused-ring (bicyclic) bond motifs is 2. The number of carbonyl (C=O) groups is 1. The molecule has 2 aromatic carbocycles. The summed E-state index contributed by atoms with van der Waals surface area (Å²) in [7, 11) is 0. The molecule has 4 aromatic rings. The molecule has 34 heavy (non-hydrogen) atoms. The van der Waals surface area contributed by atoms with E-state index in [2.05, 4.69) is 10.1 Å². The number of H-pyrrole nitrogens is 1. The maximum Gasteiger partial charge on any atom is 0.405 e. The van der Waals surface area contributed by atoms with Crippen LogP contribution in [0.3, 0.4) is 0 Å². The van der Waals surface area contributed by atoms with Crippen LogP contribution in [0.5, 0.6) is 5.88 Å². The number of rotatable bonds is 6. The Morgan fingerprint density at radius 1 is 1.24 bits per heavy atom. The first-order valence-corrected chi connectivity index (χ1v) is 10.8. The zero-order chi connectivity index (χ0) is 24.6. The fourth-order valence-electron chi connectivity index (χ4n) is 3.73. The van der Waals surface area contributed by atoms with Crippen molar-refractivity contribution in [2.24, 2.45) is 4.99 Å². The van der Waals surface area contributed by atoms with Crippen molar-refractivity contribution in [2.75, 3.05) is 6.54 Å². The van der Waals surface area contributed by atoms with Gasteiger partial charge in [-0.2, -0.15) is 18.3 Å². The SMILES string of the molecule is CCC(=Nc1ccc2nn(C(C)C)cc2c1)c1c(O)[nH]c2ccc(C(=O)NCC(F)(F)F)cc12. The summed E-state index contributed by atoms with van der Waals surface area (Å²) in [5.74, 6) is -0.981. The van der Waals surface area contributed by atoms with E-state index < -0.39 is 18.6 Å². The Kier molecular flexibility index (Phi) is 6.07. The molecule has 1 amide bonds. The highest BCUT2D eigenvalue weighted by atomic mass is 19.4. The molecule has 0 aliphatic carbocycles. The Morgan fingerprint density at radius 2 is 2.00 bits per heavy atom. The van der Waals surface area contributed by atoms with Crippen LogP contribution in [-0.4, -0.2) is 44.2 Å². The summed E-state index contributed by atoms with van der Waals surface area (Å²) in [6, 6.07) is 10.2. The largest absolute Gasteiger partial charge is 0.494 e. The predicted molar refractivity (Wildman–Crippen MR) is 125 cm³/mol. The summed E-state index contributed by atoms with van der Waals surface area (Å²) in [4.78, 5) is 19.8. The van der Waals surface area contributed by atoms with E-state index in [1.807, 2.05) is 55.2 Å². The number of hydrogen-bond acceptors (Lipinski definition) is 4. The van der Waals surface area contributed by atoms with Gasteiger partial charge in [0.15, 0.2) is 5.88 Å². The molecule has 0 unspecified atom stereocenters. The third kappa shape index (κ3) is 4.75. The lowest BCUT2D eigenvalue weighted by molar-refractivity contribution is -0.123. The first-order chi connectivity index (χ1) is 16.1. The van der Waals surface area contributed by atoms with E-state index in [1.54, 1.807) is 6.07 Å². The Morgan fingerprint density at radius 3 is 2.68 bits per heavy atom. The van der Waals surface area contributed by atoms with Gasteiger partial charge in [0.05, 0.1) is 22.5 Å². The predicted octanol–water partition coefficient (Wildman–Crippen LogP) is 5.63. The Labute approximate surface area is 193 Å². The zero-order valence-electron chi connectivity index (χ0n) is 18.9. The molecule has 0 bridgehead atoms. The molecule has 0 aliphatic rings. The van der Waals surface area contributed by atoms with Crippen molar-refractivity contribution in [3.8, 4) is 5.88 Å². The molecule has 0 spiro atoms. The topological polar surface area (TPSA) is 95.3 Å². The summed E-state index contributed by atoms with van der Waals surface area (Å²) in [6.07, 6.45) is -2.10. The van der Waals surface area contributed by atoms with Gasteiger partial charge < -0.3 is 15.4 Å². The quantitative estimate of drug-likeness (QED) is 0.318. The summed E-state index contributed by atoms with van der Waals surface area (Å²) < 4.78 is 39.3. The zero-order valence-corrected chi connectivity index (χ0v) is 18.9. The number of aromatic nitrogens is 3. The lowest BCUT2D eigenvalue weighted by atomic mass is 10.0. The van der Waals surface area contributed by atoms with E-state index in [0.717, 1.165) is 10.9 Å². The Hall–Kier alpha value is -3.82. The summed E-state index contributed by atoms with van der Waals surface area (Å²) in [5, 5.41) is 18.4. The van der Waals surface area contributed by atoms with Gasteiger partial charge in [0.1, 0.15) is 6.54 Å². The molecule has 4 rings (SSSR count). The van der Waals surface area contributed by atoms with Crippen molar-refractivity contribution in [3.05, 3.63) is 53.7 Å². The van der Waals surface area contributed by atoms with Gasteiger partial charge in [0.2, 0.25) is 0 Å². The molecule has 0 radical (unpaired) electrons. The van der Waals surface area contributed by atoms with Gasteiger partial charge in [-0.05, 0) is 56.7 Å². The van der Waals surface area contributed by atoms with Gasteiger partial charge in [-0.1, -0.05) is 6.92 Å². The minimum Gasteiger partial charge on any atom is -0.494 e. The van der Waals surface area contributed by atoms with E-state index in [9.17, 15) is 23.1 Å². The number of aromatic hydroxyl groups is 1. The van der Waals surface area contributed by atoms with Crippen LogP contribution in [0.25, 0.3) is 21.8 Å². The van der Waals surface area contributed by atoms with Gasteiger partial charge in [-0.25, -0.2) is 0 Å². The fraction of sp³-hybridized carbons (Fsp3) is 0.292. The second-order valence-electron chi connectivity index (χ2n) is 8.26. The second kappa shape index (κ2) is 8.85. The summed E-state index contributed by atoms with van der Waals surface area (Å²) in [6.45, 7) is 4.54. The Bertz CT molecular complexity index is 1400. The number of hydrogen-bond donors (Lipinski definition) is 3. The molecule has 2 heterocycles. The number of alkyl halides is 3. The minimum atomic E-state index is -4.51. The van der Waals surface area contributed by atoms with E-state index in [4.69, 9.17) is 4.99 Å². The number of halogens is 3. The molecule has 178 valence electrons. The highest BCUT2D eigenvalue weighted by molar-refractivity contribution is 6.15. The summed E-state index contributed by atoms with van der Waals surface area (Å²) in [5.41, 5.74) is 3.06. The first kappa shape index (κ1) is 23.3. The highest BCUT2D eigenvalue weighted by Crippen LogP contribution is 2.31. The molecule has 0 saturated carbocycles. The number of aliphatic imine (C=N–C) groups is 1. The van der Waals surface area contributed by atoms with E-state index in [-0.39, 0.29) is 17.5 Å². The van der Waals surface area contributed by atoms with Gasteiger partial charge in [0, 0.05) is 34.1 Å². The molecule has 2 aromatic heterocycles. The molecule has 0 atom stereocenters. The monoisotopic (exact) mass is 471 g/mol. The van der Waals surface area contributed by atoms with E-state index in [1.165, 1.54) is 12.1 Å². The van der Waals surface area contributed by atoms with Crippen LogP contribution in [-0.2, 0) is 0 Å². The molecule has 0 aliphatic heterocycles. The third-order valence-corrected chi connectivity index (χ3v) is 5.41. The number of carbonyl (C=O) groups excluding carboxylic acids is 1. The van der Waals surface area contributed by atoms with Crippen LogP contribution in [0, 0.1) is 0 Å². The average molecular weight is 471 g/mol. The highest BCUT2D eigenvalue weighted by Gasteiger charge is 2.28. The van der Waals surface area contributed by atoms with Crippen molar-refractivity contribution in [1.82, 2.24) is 20.1 Å². The van der Waals surface area contributed by atoms with Crippen molar-refractivity contribution >= 4 is 39.1 Å². The van der Waals surface area contributed by atoms with Crippen LogP contribution in [0.15, 0.2) is 47.6 Å². The standard InChI is InChI=1S/C24H24F3N5O2/c1-4-18(29-16-6-8-19-15(9-16)11-32(31-19)13(2)3)21-17-10-14(5-7-20(17)30-23(21)34)22(33)28-12-24(25,26)27/h5-11,13,30,34H,4,12H2,1-3H3,(H,28,33). The van der Waals surface area contributed by atoms with Crippen LogP contribution in [0.4, 0.5) is 18.9 Å². The van der Waals surface area contributed by atoms with Gasteiger partial charge in [-0.15, -0.1) is 0 Å². The number of amides is 1. The van der Waals surface area contributed by atoms with E-state index >= 15 is 0 Å². The minimum absolute atomic E-state index is 0.0509. The van der Waals surface area contributed by atoms with Gasteiger partial charge >= 0.3 is 6.18 Å². The first-order valence-electron chi connectivity index (χ1n) is 10.8. The van der Waals surface area contributed by atoms with Crippen molar-refractivity contribution in [2.45, 2.75) is 39.4 Å². The van der Waals surface area contributed by atoms with Crippen molar-refractivity contribution in [3.63, 3.8) is 0 Å². The number of aromatic amines is 1. The molecule has 7 nitrogen and oxygen atoms in total. The van der Waals surface area contributed by atoms with E-state index in [0.29, 0.717) is 34.3 Å². The summed E-state index contributed by atoms with van der Waals surface area (Å²) >= 11 is 0. The number of benzene rings is 2. The van der Waals surface area contributed by atoms with Crippen molar-refractivity contribution in [1.29, 1.82) is 0 Å². The van der Waals surface area contributed by atoms with Crippen LogP contribution in [0.1, 0.15) is 49.2 Å². The molecule has 0 saturated heterocycles. The van der Waals surface area contributed by atoms with Crippen LogP contribution >= 0.6 is 0 Å². The maximum absolute atomic E-state index is 12.5. The molecular formula is C24H24F3N5O2. The molecule has 3 N–H and O–H groups in total. The molecule has 0 fully saturated rings. The lowest BCUT2D eigenvalue weighted by Gasteiger charge is -2.09. The second-order valence-corrected chi connectivity index (χ2v) is 8.26.